The zero-order valence-corrected chi connectivity index (χ0v) is 14.0. The van der Waals surface area contributed by atoms with Crippen LogP contribution < -0.4 is 10.6 Å². The number of hydrogen-bond acceptors (Lipinski definition) is 2. The van der Waals surface area contributed by atoms with E-state index in [1.54, 1.807) is 12.1 Å². The normalized spacial score (nSPS) is 11.6. The number of benzene rings is 1. The molecule has 0 spiro atoms. The summed E-state index contributed by atoms with van der Waals surface area (Å²) in [5, 5.41) is 6.71. The van der Waals surface area contributed by atoms with Crippen molar-refractivity contribution in [3.8, 4) is 0 Å². The molecule has 0 fully saturated rings. The van der Waals surface area contributed by atoms with Crippen molar-refractivity contribution in [3.05, 3.63) is 32.4 Å². The third kappa shape index (κ3) is 5.73. The van der Waals surface area contributed by atoms with Gasteiger partial charge in [-0.3, -0.25) is 4.79 Å². The molecule has 3 nitrogen and oxygen atoms in total. The highest BCUT2D eigenvalue weighted by atomic mass is 127. The van der Waals surface area contributed by atoms with Crippen molar-refractivity contribution in [2.75, 3.05) is 13.1 Å². The van der Waals surface area contributed by atoms with Crippen LogP contribution in [0, 0.1) is 3.57 Å². The zero-order chi connectivity index (χ0) is 12.8. The average molecular weight is 403 g/mol. The van der Waals surface area contributed by atoms with Crippen LogP contribution in [0.25, 0.3) is 0 Å². The first-order chi connectivity index (χ1) is 8.04. The number of carbonyl (C=O) groups excluding carboxylic acids is 1. The lowest BCUT2D eigenvalue weighted by atomic mass is 10.2. The number of nitrogens with one attached hydrogen (secondary N) is 2. The Hall–Kier alpha value is -0.0400. The van der Waals surface area contributed by atoms with Crippen molar-refractivity contribution < 1.29 is 4.79 Å². The smallest absolute Gasteiger partial charge is 0.251 e. The summed E-state index contributed by atoms with van der Waals surface area (Å²) < 4.78 is 0.946. The molecule has 1 atom stereocenters. The van der Waals surface area contributed by atoms with E-state index in [0.717, 1.165) is 10.1 Å². The van der Waals surface area contributed by atoms with Crippen LogP contribution >= 0.6 is 46.6 Å². The van der Waals surface area contributed by atoms with E-state index >= 15 is 0 Å². The maximum absolute atomic E-state index is 11.8. The molecule has 2 N–H and O–H groups in total. The second kappa shape index (κ2) is 8.96. The largest absolute Gasteiger partial charge is 0.350 e. The summed E-state index contributed by atoms with van der Waals surface area (Å²) >= 11 is 8.10. The van der Waals surface area contributed by atoms with Gasteiger partial charge >= 0.3 is 0 Å². The van der Waals surface area contributed by atoms with Crippen molar-refractivity contribution in [2.45, 2.75) is 19.9 Å². The molecule has 6 heteroatoms. The third-order valence-electron chi connectivity index (χ3n) is 2.30. The molecule has 1 amide bonds. The summed E-state index contributed by atoms with van der Waals surface area (Å²) in [5.41, 5.74) is 0.596. The van der Waals surface area contributed by atoms with E-state index in [-0.39, 0.29) is 24.4 Å². The summed E-state index contributed by atoms with van der Waals surface area (Å²) in [6.07, 6.45) is 0. The Morgan fingerprint density at radius 1 is 1.50 bits per heavy atom. The molecule has 18 heavy (non-hydrogen) atoms. The Bertz CT molecular complexity index is 402. The van der Waals surface area contributed by atoms with Crippen LogP contribution in [0.3, 0.4) is 0 Å². The van der Waals surface area contributed by atoms with Crippen LogP contribution in [0.4, 0.5) is 0 Å². The van der Waals surface area contributed by atoms with Gasteiger partial charge in [0.05, 0.1) is 5.02 Å². The molecule has 0 aliphatic carbocycles. The summed E-state index contributed by atoms with van der Waals surface area (Å²) in [6, 6.07) is 5.58. The topological polar surface area (TPSA) is 41.1 Å². The van der Waals surface area contributed by atoms with E-state index in [2.05, 4.69) is 33.2 Å². The lowest BCUT2D eigenvalue weighted by molar-refractivity contribution is 0.0950. The van der Waals surface area contributed by atoms with E-state index in [4.69, 9.17) is 11.6 Å². The molecule has 0 aliphatic heterocycles. The standard InChI is InChI=1S/C12H16ClIN2O.ClH/c1-3-15-8(2)7-16-12(17)9-4-5-11(14)10(13)6-9;/h4-6,8,15H,3,7H2,1-2H3,(H,16,17);1H/t8-;/m1./s1. The molecular formula is C12H17Cl2IN2O. The van der Waals surface area contributed by atoms with Crippen LogP contribution in [0.2, 0.25) is 5.02 Å². The van der Waals surface area contributed by atoms with Gasteiger partial charge in [0.1, 0.15) is 0 Å². The summed E-state index contributed by atoms with van der Waals surface area (Å²) in [4.78, 5) is 11.8. The van der Waals surface area contributed by atoms with Crippen molar-refractivity contribution >= 4 is 52.5 Å². The van der Waals surface area contributed by atoms with Crippen LogP contribution in [0.1, 0.15) is 24.2 Å². The maximum Gasteiger partial charge on any atom is 0.251 e. The van der Waals surface area contributed by atoms with Gasteiger partial charge < -0.3 is 10.6 Å². The van der Waals surface area contributed by atoms with Gasteiger partial charge in [-0.1, -0.05) is 18.5 Å². The maximum atomic E-state index is 11.8. The van der Waals surface area contributed by atoms with Gasteiger partial charge in [0, 0.05) is 21.7 Å². The van der Waals surface area contributed by atoms with Crippen molar-refractivity contribution in [1.29, 1.82) is 0 Å². The molecule has 0 heterocycles. The SMILES string of the molecule is CCN[C@H](C)CNC(=O)c1ccc(I)c(Cl)c1.Cl. The average Bonchev–Trinajstić information content (AvgIpc) is 2.30. The van der Waals surface area contributed by atoms with Crippen molar-refractivity contribution in [3.63, 3.8) is 0 Å². The number of hydrogen-bond donors (Lipinski definition) is 2. The van der Waals surface area contributed by atoms with Gasteiger partial charge in [0.15, 0.2) is 0 Å². The second-order valence-electron chi connectivity index (χ2n) is 3.80. The highest BCUT2D eigenvalue weighted by molar-refractivity contribution is 14.1. The second-order valence-corrected chi connectivity index (χ2v) is 5.37. The molecule has 1 rings (SSSR count). The number of halogens is 3. The first-order valence-electron chi connectivity index (χ1n) is 5.51. The minimum absolute atomic E-state index is 0. The minimum Gasteiger partial charge on any atom is -0.350 e. The molecule has 0 radical (unpaired) electrons. The molecule has 0 saturated carbocycles. The third-order valence-corrected chi connectivity index (χ3v) is 3.88. The Kier molecular flexibility index (Phi) is 8.94. The molecule has 0 aromatic heterocycles. The quantitative estimate of drug-likeness (QED) is 0.743. The molecule has 1 aromatic carbocycles. The van der Waals surface area contributed by atoms with Gasteiger partial charge in [0.2, 0.25) is 0 Å². The van der Waals surface area contributed by atoms with E-state index in [1.807, 2.05) is 19.9 Å². The first-order valence-corrected chi connectivity index (χ1v) is 6.97. The van der Waals surface area contributed by atoms with Gasteiger partial charge in [-0.2, -0.15) is 0 Å². The van der Waals surface area contributed by atoms with Gasteiger partial charge in [-0.25, -0.2) is 0 Å². The number of likely N-dealkylation sites (N-methyl/N-ethyl adjacent to an activating group) is 1. The minimum atomic E-state index is -0.0898. The molecule has 0 aliphatic rings. The number of rotatable bonds is 5. The lowest BCUT2D eigenvalue weighted by Crippen LogP contribution is -2.38. The Morgan fingerprint density at radius 3 is 2.72 bits per heavy atom. The molecule has 102 valence electrons. The fourth-order valence-electron chi connectivity index (χ4n) is 1.41. The highest BCUT2D eigenvalue weighted by Crippen LogP contribution is 2.19. The predicted molar refractivity (Wildman–Crippen MR) is 86.9 cm³/mol. The molecule has 1 aromatic rings. The van der Waals surface area contributed by atoms with Gasteiger partial charge in [0.25, 0.3) is 5.91 Å². The monoisotopic (exact) mass is 402 g/mol. The van der Waals surface area contributed by atoms with Crippen LogP contribution in [0.5, 0.6) is 0 Å². The Labute approximate surface area is 133 Å². The van der Waals surface area contributed by atoms with Crippen molar-refractivity contribution in [2.24, 2.45) is 0 Å². The van der Waals surface area contributed by atoms with Crippen molar-refractivity contribution in [1.82, 2.24) is 10.6 Å². The fourth-order valence-corrected chi connectivity index (χ4v) is 1.92. The first kappa shape index (κ1) is 18.0. The zero-order valence-electron chi connectivity index (χ0n) is 10.3. The van der Waals surface area contributed by atoms with Gasteiger partial charge in [-0.15, -0.1) is 12.4 Å². The Morgan fingerprint density at radius 2 is 2.17 bits per heavy atom. The van der Waals surface area contributed by atoms with E-state index in [9.17, 15) is 4.79 Å². The van der Waals surface area contributed by atoms with E-state index in [1.165, 1.54) is 0 Å². The van der Waals surface area contributed by atoms with Gasteiger partial charge in [-0.05, 0) is 54.3 Å². The summed E-state index contributed by atoms with van der Waals surface area (Å²) in [7, 11) is 0. The molecular weight excluding hydrogens is 386 g/mol. The summed E-state index contributed by atoms with van der Waals surface area (Å²) in [6.45, 7) is 5.57. The number of amides is 1. The number of carbonyl (C=O) groups is 1. The predicted octanol–water partition coefficient (Wildman–Crippen LogP) is 3.09. The Balaban J connectivity index is 0.00000289. The fraction of sp³-hybridized carbons (Fsp3) is 0.417. The van der Waals surface area contributed by atoms with Crippen LogP contribution in [0.15, 0.2) is 18.2 Å². The van der Waals surface area contributed by atoms with Crippen LogP contribution in [-0.4, -0.2) is 25.0 Å². The highest BCUT2D eigenvalue weighted by Gasteiger charge is 2.08. The summed E-state index contributed by atoms with van der Waals surface area (Å²) in [5.74, 6) is -0.0898. The molecule has 0 bridgehead atoms. The van der Waals surface area contributed by atoms with E-state index in [0.29, 0.717) is 17.1 Å². The molecule has 0 unspecified atom stereocenters. The van der Waals surface area contributed by atoms with Crippen LogP contribution in [-0.2, 0) is 0 Å². The lowest BCUT2D eigenvalue weighted by Gasteiger charge is -2.13. The molecule has 0 saturated heterocycles. The van der Waals surface area contributed by atoms with E-state index < -0.39 is 0 Å².